The Bertz CT molecular complexity index is 263. The van der Waals surface area contributed by atoms with Crippen molar-refractivity contribution in [2.24, 2.45) is 5.92 Å². The molecule has 0 aromatic carbocycles. The molecule has 0 radical (unpaired) electrons. The number of nitrogens with one attached hydrogen (secondary N) is 1. The third-order valence-corrected chi connectivity index (χ3v) is 2.62. The number of hydrogen-bond acceptors (Lipinski definition) is 3. The van der Waals surface area contributed by atoms with Crippen LogP contribution in [0.15, 0.2) is 12.7 Å². The first-order chi connectivity index (χ1) is 7.19. The smallest absolute Gasteiger partial charge is 0.311 e. The van der Waals surface area contributed by atoms with Crippen LogP contribution in [0.3, 0.4) is 0 Å². The molecule has 0 spiro atoms. The summed E-state index contributed by atoms with van der Waals surface area (Å²) in [5.41, 5.74) is 0. The molecule has 0 heterocycles. The first-order valence-corrected chi connectivity index (χ1v) is 5.28. The standard InChI is InChI=1S/C11H17NO3/c1-3-10(13)12-9-7-5-6-8(9)11(14)15-4-2/h3,8-9H,1,4-7H2,2H3,(H,12,13)/t8-,9+/m1/s1. The zero-order valence-electron chi connectivity index (χ0n) is 8.99. The van der Waals surface area contributed by atoms with Crippen molar-refractivity contribution in [2.75, 3.05) is 6.61 Å². The maximum Gasteiger partial charge on any atom is 0.311 e. The number of rotatable bonds is 4. The molecule has 15 heavy (non-hydrogen) atoms. The minimum absolute atomic E-state index is 0.0884. The van der Waals surface area contributed by atoms with Crippen molar-refractivity contribution in [1.82, 2.24) is 5.32 Å². The van der Waals surface area contributed by atoms with Crippen LogP contribution in [-0.2, 0) is 14.3 Å². The van der Waals surface area contributed by atoms with Gasteiger partial charge in [-0.15, -0.1) is 0 Å². The van der Waals surface area contributed by atoms with Gasteiger partial charge in [0.15, 0.2) is 0 Å². The molecule has 1 aliphatic rings. The van der Waals surface area contributed by atoms with Crippen LogP contribution in [0, 0.1) is 5.92 Å². The van der Waals surface area contributed by atoms with E-state index in [1.165, 1.54) is 6.08 Å². The quantitative estimate of drug-likeness (QED) is 0.558. The first-order valence-electron chi connectivity index (χ1n) is 5.28. The van der Waals surface area contributed by atoms with Crippen LogP contribution in [0.25, 0.3) is 0 Å². The molecule has 0 aliphatic heterocycles. The highest BCUT2D eigenvalue weighted by molar-refractivity contribution is 5.87. The van der Waals surface area contributed by atoms with Crippen molar-refractivity contribution < 1.29 is 14.3 Å². The Kier molecular flexibility index (Phi) is 4.34. The molecule has 1 aliphatic carbocycles. The summed E-state index contributed by atoms with van der Waals surface area (Å²) in [7, 11) is 0. The number of carbonyl (C=O) groups excluding carboxylic acids is 2. The number of hydrogen-bond donors (Lipinski definition) is 1. The molecule has 0 aromatic heterocycles. The second-order valence-electron chi connectivity index (χ2n) is 3.61. The molecule has 1 amide bonds. The van der Waals surface area contributed by atoms with Gasteiger partial charge >= 0.3 is 5.97 Å². The lowest BCUT2D eigenvalue weighted by atomic mass is 10.0. The molecule has 4 nitrogen and oxygen atoms in total. The van der Waals surface area contributed by atoms with Crippen LogP contribution in [0.1, 0.15) is 26.2 Å². The maximum atomic E-state index is 11.5. The molecule has 2 atom stereocenters. The van der Waals surface area contributed by atoms with Crippen LogP contribution >= 0.6 is 0 Å². The fraction of sp³-hybridized carbons (Fsp3) is 0.636. The summed E-state index contributed by atoms with van der Waals surface area (Å²) in [6, 6.07) is -0.0884. The van der Waals surface area contributed by atoms with E-state index < -0.39 is 0 Å². The van der Waals surface area contributed by atoms with Gasteiger partial charge in [0.25, 0.3) is 0 Å². The van der Waals surface area contributed by atoms with Gasteiger partial charge in [0.2, 0.25) is 5.91 Å². The molecule has 0 aromatic rings. The molecule has 1 N–H and O–H groups in total. The van der Waals surface area contributed by atoms with E-state index in [0.29, 0.717) is 6.61 Å². The van der Waals surface area contributed by atoms with Crippen molar-refractivity contribution in [1.29, 1.82) is 0 Å². The minimum Gasteiger partial charge on any atom is -0.466 e. The topological polar surface area (TPSA) is 55.4 Å². The normalized spacial score (nSPS) is 24.6. The van der Waals surface area contributed by atoms with E-state index in [4.69, 9.17) is 4.74 Å². The van der Waals surface area contributed by atoms with Crippen LogP contribution in [0.2, 0.25) is 0 Å². The van der Waals surface area contributed by atoms with Gasteiger partial charge in [-0.1, -0.05) is 13.0 Å². The molecule has 1 fully saturated rings. The largest absolute Gasteiger partial charge is 0.466 e. The van der Waals surface area contributed by atoms with Crippen LogP contribution in [0.5, 0.6) is 0 Å². The molecule has 0 saturated heterocycles. The number of ether oxygens (including phenoxy) is 1. The average molecular weight is 211 g/mol. The van der Waals surface area contributed by atoms with Gasteiger partial charge in [-0.05, 0) is 25.8 Å². The zero-order chi connectivity index (χ0) is 11.3. The van der Waals surface area contributed by atoms with Gasteiger partial charge in [0, 0.05) is 6.04 Å². The summed E-state index contributed by atoms with van der Waals surface area (Å²) in [5, 5.41) is 2.76. The number of esters is 1. The molecule has 0 unspecified atom stereocenters. The Hall–Kier alpha value is -1.32. The SMILES string of the molecule is C=CC(=O)N[C@H]1CCC[C@H]1C(=O)OCC. The predicted molar refractivity (Wildman–Crippen MR) is 56.1 cm³/mol. The Morgan fingerprint density at radius 3 is 2.87 bits per heavy atom. The van der Waals surface area contributed by atoms with Crippen molar-refractivity contribution in [3.05, 3.63) is 12.7 Å². The van der Waals surface area contributed by atoms with Gasteiger partial charge in [0.05, 0.1) is 12.5 Å². The second kappa shape index (κ2) is 5.53. The van der Waals surface area contributed by atoms with E-state index in [0.717, 1.165) is 19.3 Å². The molecule has 1 saturated carbocycles. The molecule has 1 rings (SSSR count). The van der Waals surface area contributed by atoms with E-state index in [1.54, 1.807) is 6.92 Å². The summed E-state index contributed by atoms with van der Waals surface area (Å²) in [6.07, 6.45) is 3.80. The molecular formula is C11H17NO3. The molecular weight excluding hydrogens is 194 g/mol. The fourth-order valence-electron chi connectivity index (χ4n) is 1.91. The average Bonchev–Trinajstić information content (AvgIpc) is 2.66. The van der Waals surface area contributed by atoms with E-state index in [9.17, 15) is 9.59 Å². The predicted octanol–water partition coefficient (Wildman–Crippen LogP) is 1.02. The van der Waals surface area contributed by atoms with E-state index >= 15 is 0 Å². The van der Waals surface area contributed by atoms with Gasteiger partial charge in [-0.25, -0.2) is 0 Å². The first kappa shape index (κ1) is 11.8. The third kappa shape index (κ3) is 3.08. The molecule has 84 valence electrons. The Balaban J connectivity index is 2.52. The van der Waals surface area contributed by atoms with Gasteiger partial charge in [-0.2, -0.15) is 0 Å². The zero-order valence-corrected chi connectivity index (χ0v) is 8.99. The number of carbonyl (C=O) groups is 2. The number of amides is 1. The molecule has 4 heteroatoms. The maximum absolute atomic E-state index is 11.5. The van der Waals surface area contributed by atoms with Gasteiger partial charge in [0.1, 0.15) is 0 Å². The lowest BCUT2D eigenvalue weighted by molar-refractivity contribution is -0.148. The van der Waals surface area contributed by atoms with E-state index in [2.05, 4.69) is 11.9 Å². The lowest BCUT2D eigenvalue weighted by Gasteiger charge is -2.18. The minimum atomic E-state index is -0.226. The van der Waals surface area contributed by atoms with Crippen LogP contribution in [-0.4, -0.2) is 24.5 Å². The van der Waals surface area contributed by atoms with Crippen LogP contribution < -0.4 is 5.32 Å². The summed E-state index contributed by atoms with van der Waals surface area (Å²) in [5.74, 6) is -0.616. The Morgan fingerprint density at radius 1 is 1.53 bits per heavy atom. The second-order valence-corrected chi connectivity index (χ2v) is 3.61. The highest BCUT2D eigenvalue weighted by Crippen LogP contribution is 2.26. The molecule has 0 bridgehead atoms. The van der Waals surface area contributed by atoms with Gasteiger partial charge < -0.3 is 10.1 Å². The summed E-state index contributed by atoms with van der Waals surface area (Å²) < 4.78 is 4.96. The van der Waals surface area contributed by atoms with Crippen molar-refractivity contribution in [2.45, 2.75) is 32.2 Å². The van der Waals surface area contributed by atoms with Crippen molar-refractivity contribution in [3.8, 4) is 0 Å². The fourth-order valence-corrected chi connectivity index (χ4v) is 1.91. The highest BCUT2D eigenvalue weighted by atomic mass is 16.5. The van der Waals surface area contributed by atoms with Crippen molar-refractivity contribution >= 4 is 11.9 Å². The summed E-state index contributed by atoms with van der Waals surface area (Å²) in [4.78, 5) is 22.6. The summed E-state index contributed by atoms with van der Waals surface area (Å²) in [6.45, 7) is 5.55. The summed E-state index contributed by atoms with van der Waals surface area (Å²) >= 11 is 0. The third-order valence-electron chi connectivity index (χ3n) is 2.62. The monoisotopic (exact) mass is 211 g/mol. The van der Waals surface area contributed by atoms with Crippen LogP contribution in [0.4, 0.5) is 0 Å². The Morgan fingerprint density at radius 2 is 2.27 bits per heavy atom. The van der Waals surface area contributed by atoms with E-state index in [-0.39, 0.29) is 23.8 Å². The van der Waals surface area contributed by atoms with E-state index in [1.807, 2.05) is 0 Å². The Labute approximate surface area is 89.7 Å². The lowest BCUT2D eigenvalue weighted by Crippen LogP contribution is -2.39. The van der Waals surface area contributed by atoms with Gasteiger partial charge in [-0.3, -0.25) is 9.59 Å². The van der Waals surface area contributed by atoms with Crippen molar-refractivity contribution in [3.63, 3.8) is 0 Å². The highest BCUT2D eigenvalue weighted by Gasteiger charge is 2.34.